The smallest absolute Gasteiger partial charge is 0.233 e. The van der Waals surface area contributed by atoms with Gasteiger partial charge in [-0.2, -0.15) is 5.10 Å². The van der Waals surface area contributed by atoms with E-state index in [1.807, 2.05) is 31.2 Å². The lowest BCUT2D eigenvalue weighted by Crippen LogP contribution is -1.90. The number of ether oxygens (including phenoxy) is 1. The number of hydrogen-bond donors (Lipinski definition) is 1. The van der Waals surface area contributed by atoms with Gasteiger partial charge in [0.15, 0.2) is 0 Å². The first kappa shape index (κ1) is 11.2. The highest BCUT2D eigenvalue weighted by atomic mass is 79.9. The van der Waals surface area contributed by atoms with Crippen LogP contribution in [0.2, 0.25) is 0 Å². The number of nitrogens with one attached hydrogen (secondary N) is 1. The normalized spacial score (nSPS) is 10.8. The first-order valence-electron chi connectivity index (χ1n) is 5.46. The second-order valence-corrected chi connectivity index (χ2v) is 4.76. The van der Waals surface area contributed by atoms with Crippen LogP contribution in [0.4, 0.5) is 0 Å². The summed E-state index contributed by atoms with van der Waals surface area (Å²) < 4.78 is 6.63. The van der Waals surface area contributed by atoms with Gasteiger partial charge in [-0.3, -0.25) is 5.10 Å². The average Bonchev–Trinajstić information content (AvgIpc) is 2.82. The number of rotatable bonds is 2. The number of aromatic amines is 1. The number of aryl methyl sites for hydroxylation is 1. The van der Waals surface area contributed by atoms with E-state index in [1.54, 1.807) is 12.4 Å². The molecule has 90 valence electrons. The summed E-state index contributed by atoms with van der Waals surface area (Å²) in [4.78, 5) is 4.21. The van der Waals surface area contributed by atoms with Crippen LogP contribution in [0, 0.1) is 6.92 Å². The molecule has 0 aliphatic carbocycles. The second-order valence-electron chi connectivity index (χ2n) is 3.97. The minimum Gasteiger partial charge on any atom is -0.438 e. The summed E-state index contributed by atoms with van der Waals surface area (Å²) in [5.41, 5.74) is 2.03. The Morgan fingerprint density at radius 2 is 2.17 bits per heavy atom. The van der Waals surface area contributed by atoms with Gasteiger partial charge in [0.05, 0.1) is 16.2 Å². The van der Waals surface area contributed by atoms with Gasteiger partial charge in [0.1, 0.15) is 5.75 Å². The van der Waals surface area contributed by atoms with E-state index in [-0.39, 0.29) is 0 Å². The van der Waals surface area contributed by atoms with Gasteiger partial charge in [-0.05, 0) is 46.6 Å². The molecular formula is C13H10BrN3O. The van der Waals surface area contributed by atoms with Gasteiger partial charge >= 0.3 is 0 Å². The number of halogens is 1. The van der Waals surface area contributed by atoms with E-state index >= 15 is 0 Å². The Morgan fingerprint density at radius 1 is 1.28 bits per heavy atom. The Kier molecular flexibility index (Phi) is 2.76. The van der Waals surface area contributed by atoms with Crippen LogP contribution in [0.3, 0.4) is 0 Å². The Morgan fingerprint density at radius 3 is 3.06 bits per heavy atom. The lowest BCUT2D eigenvalue weighted by Gasteiger charge is -2.07. The van der Waals surface area contributed by atoms with E-state index < -0.39 is 0 Å². The summed E-state index contributed by atoms with van der Waals surface area (Å²) in [7, 11) is 0. The van der Waals surface area contributed by atoms with Gasteiger partial charge in [0, 0.05) is 17.6 Å². The summed E-state index contributed by atoms with van der Waals surface area (Å²) in [6.45, 7) is 2.00. The quantitative estimate of drug-likeness (QED) is 0.783. The molecule has 1 N–H and O–H groups in total. The Labute approximate surface area is 112 Å². The molecule has 3 aromatic rings. The molecule has 5 heteroatoms. The Hall–Kier alpha value is -1.88. The number of H-pyrrole nitrogens is 1. The van der Waals surface area contributed by atoms with Crippen LogP contribution >= 0.6 is 15.9 Å². The molecule has 0 atom stereocenters. The summed E-state index contributed by atoms with van der Waals surface area (Å²) in [5, 5.41) is 7.94. The molecule has 0 unspecified atom stereocenters. The van der Waals surface area contributed by atoms with E-state index in [0.717, 1.165) is 26.7 Å². The molecule has 0 aliphatic rings. The molecular weight excluding hydrogens is 294 g/mol. The van der Waals surface area contributed by atoms with Crippen molar-refractivity contribution in [3.8, 4) is 11.6 Å². The number of pyridine rings is 1. The zero-order chi connectivity index (χ0) is 12.5. The summed E-state index contributed by atoms with van der Waals surface area (Å²) >= 11 is 3.47. The lowest BCUT2D eigenvalue weighted by atomic mass is 10.2. The molecule has 4 nitrogen and oxygen atoms in total. The number of fused-ring (bicyclic) bond motifs is 1. The van der Waals surface area contributed by atoms with Crippen LogP contribution in [-0.4, -0.2) is 15.2 Å². The van der Waals surface area contributed by atoms with Crippen molar-refractivity contribution in [3.63, 3.8) is 0 Å². The van der Waals surface area contributed by atoms with E-state index in [4.69, 9.17) is 4.74 Å². The minimum atomic E-state index is 0.564. The van der Waals surface area contributed by atoms with Crippen molar-refractivity contribution in [3.05, 3.63) is 46.7 Å². The zero-order valence-electron chi connectivity index (χ0n) is 9.64. The number of hydrogen-bond acceptors (Lipinski definition) is 3. The molecule has 0 bridgehead atoms. The third kappa shape index (κ3) is 1.97. The highest BCUT2D eigenvalue weighted by Crippen LogP contribution is 2.30. The Balaban J connectivity index is 1.98. The van der Waals surface area contributed by atoms with Gasteiger partial charge in [0.25, 0.3) is 0 Å². The first-order valence-corrected chi connectivity index (χ1v) is 6.25. The van der Waals surface area contributed by atoms with Gasteiger partial charge in [0.2, 0.25) is 5.88 Å². The SMILES string of the molecule is Cc1ccnc(Oc2ccc3cn[nH]c3c2)c1Br. The van der Waals surface area contributed by atoms with Crippen molar-refractivity contribution < 1.29 is 4.74 Å². The third-order valence-electron chi connectivity index (χ3n) is 2.68. The summed E-state index contributed by atoms with van der Waals surface area (Å²) in [6.07, 6.45) is 3.50. The van der Waals surface area contributed by atoms with Gasteiger partial charge in [-0.15, -0.1) is 0 Å². The van der Waals surface area contributed by atoms with Gasteiger partial charge in [-0.1, -0.05) is 0 Å². The molecule has 0 spiro atoms. The van der Waals surface area contributed by atoms with E-state index in [0.29, 0.717) is 5.88 Å². The predicted octanol–water partition coefficient (Wildman–Crippen LogP) is 3.82. The lowest BCUT2D eigenvalue weighted by molar-refractivity contribution is 0.459. The molecule has 2 aromatic heterocycles. The highest BCUT2D eigenvalue weighted by Gasteiger charge is 2.07. The monoisotopic (exact) mass is 303 g/mol. The molecule has 3 rings (SSSR count). The van der Waals surface area contributed by atoms with Crippen LogP contribution in [0.15, 0.2) is 41.1 Å². The van der Waals surface area contributed by atoms with Crippen molar-refractivity contribution in [2.75, 3.05) is 0 Å². The average molecular weight is 304 g/mol. The molecule has 1 aromatic carbocycles. The maximum Gasteiger partial charge on any atom is 0.233 e. The third-order valence-corrected chi connectivity index (χ3v) is 3.64. The highest BCUT2D eigenvalue weighted by molar-refractivity contribution is 9.10. The van der Waals surface area contributed by atoms with E-state index in [9.17, 15) is 0 Å². The summed E-state index contributed by atoms with van der Waals surface area (Å²) in [6, 6.07) is 7.68. The van der Waals surface area contributed by atoms with Crippen molar-refractivity contribution in [1.29, 1.82) is 0 Å². The molecule has 0 fully saturated rings. The fourth-order valence-corrected chi connectivity index (χ4v) is 1.99. The molecule has 0 saturated carbocycles. The number of aromatic nitrogens is 3. The van der Waals surface area contributed by atoms with Crippen LogP contribution in [0.5, 0.6) is 11.6 Å². The van der Waals surface area contributed by atoms with Gasteiger partial charge in [-0.25, -0.2) is 4.98 Å². The van der Waals surface area contributed by atoms with Crippen LogP contribution in [0.1, 0.15) is 5.56 Å². The van der Waals surface area contributed by atoms with Crippen LogP contribution < -0.4 is 4.74 Å². The standard InChI is InChI=1S/C13H10BrN3O/c1-8-4-5-15-13(12(8)14)18-10-3-2-9-7-16-17-11(9)6-10/h2-7H,1H3,(H,16,17). The number of benzene rings is 1. The predicted molar refractivity (Wildman–Crippen MR) is 72.8 cm³/mol. The fraction of sp³-hybridized carbons (Fsp3) is 0.0769. The second kappa shape index (κ2) is 4.42. The maximum absolute atomic E-state index is 5.76. The largest absolute Gasteiger partial charge is 0.438 e. The van der Waals surface area contributed by atoms with Crippen molar-refractivity contribution in [2.24, 2.45) is 0 Å². The zero-order valence-corrected chi connectivity index (χ0v) is 11.2. The molecule has 0 saturated heterocycles. The minimum absolute atomic E-state index is 0.564. The van der Waals surface area contributed by atoms with Crippen molar-refractivity contribution in [1.82, 2.24) is 15.2 Å². The van der Waals surface area contributed by atoms with Crippen LogP contribution in [-0.2, 0) is 0 Å². The topological polar surface area (TPSA) is 50.8 Å². The fourth-order valence-electron chi connectivity index (χ4n) is 1.68. The van der Waals surface area contributed by atoms with Crippen molar-refractivity contribution in [2.45, 2.75) is 6.92 Å². The maximum atomic E-state index is 5.76. The molecule has 0 radical (unpaired) electrons. The molecule has 18 heavy (non-hydrogen) atoms. The van der Waals surface area contributed by atoms with E-state index in [2.05, 4.69) is 31.1 Å². The van der Waals surface area contributed by atoms with E-state index in [1.165, 1.54) is 0 Å². The molecule has 0 aliphatic heterocycles. The summed E-state index contributed by atoms with van der Waals surface area (Å²) in [5.74, 6) is 1.29. The number of nitrogens with zero attached hydrogens (tertiary/aromatic N) is 2. The molecule has 2 heterocycles. The first-order chi connectivity index (χ1) is 8.74. The van der Waals surface area contributed by atoms with Crippen molar-refractivity contribution >= 4 is 26.8 Å². The van der Waals surface area contributed by atoms with Crippen LogP contribution in [0.25, 0.3) is 10.9 Å². The van der Waals surface area contributed by atoms with Gasteiger partial charge < -0.3 is 4.74 Å². The molecule has 0 amide bonds. The Bertz CT molecular complexity index is 708.